The summed E-state index contributed by atoms with van der Waals surface area (Å²) in [4.78, 5) is 38.5. The number of carbonyl (C=O) groups excluding carboxylic acids is 3. The summed E-state index contributed by atoms with van der Waals surface area (Å²) in [5.74, 6) is -0.859. The number of ether oxygens (including phenoxy) is 3. The lowest BCUT2D eigenvalue weighted by Crippen LogP contribution is -2.30. The van der Waals surface area contributed by atoms with Gasteiger partial charge in [-0.05, 0) is 89.9 Å². The molecular formula is C76H136O6. The lowest BCUT2D eigenvalue weighted by molar-refractivity contribution is -0.167. The highest BCUT2D eigenvalue weighted by atomic mass is 16.6. The minimum Gasteiger partial charge on any atom is -0.462 e. The van der Waals surface area contributed by atoms with Crippen LogP contribution in [0.15, 0.2) is 72.9 Å². The smallest absolute Gasteiger partial charge is 0.306 e. The summed E-state index contributed by atoms with van der Waals surface area (Å²) in [7, 11) is 0. The molecule has 0 saturated carbocycles. The van der Waals surface area contributed by atoms with Gasteiger partial charge in [0.05, 0.1) is 0 Å². The quantitative estimate of drug-likeness (QED) is 0.0261. The van der Waals surface area contributed by atoms with E-state index in [9.17, 15) is 14.4 Å². The van der Waals surface area contributed by atoms with Crippen molar-refractivity contribution in [1.29, 1.82) is 0 Å². The molecule has 6 nitrogen and oxygen atoms in total. The fourth-order valence-electron chi connectivity index (χ4n) is 10.6. The monoisotopic (exact) mass is 1150 g/mol. The molecule has 0 bridgehead atoms. The number of carbonyl (C=O) groups is 3. The molecule has 0 saturated heterocycles. The van der Waals surface area contributed by atoms with Crippen molar-refractivity contribution >= 4 is 17.9 Å². The van der Waals surface area contributed by atoms with Gasteiger partial charge < -0.3 is 14.2 Å². The fraction of sp³-hybridized carbons (Fsp3) is 0.803. The van der Waals surface area contributed by atoms with Gasteiger partial charge in [0, 0.05) is 19.3 Å². The number of allylic oxidation sites excluding steroid dienone is 12. The molecule has 0 aliphatic heterocycles. The Balaban J connectivity index is 4.33. The third-order valence-electron chi connectivity index (χ3n) is 15.9. The normalized spacial score (nSPS) is 12.5. The van der Waals surface area contributed by atoms with Crippen molar-refractivity contribution in [3.05, 3.63) is 72.9 Å². The molecule has 0 N–H and O–H groups in total. The molecule has 0 aliphatic rings. The van der Waals surface area contributed by atoms with Crippen LogP contribution in [-0.2, 0) is 28.6 Å². The van der Waals surface area contributed by atoms with E-state index in [1.165, 1.54) is 238 Å². The van der Waals surface area contributed by atoms with Crippen molar-refractivity contribution in [2.24, 2.45) is 0 Å². The van der Waals surface area contributed by atoms with Crippen molar-refractivity contribution < 1.29 is 28.6 Å². The van der Waals surface area contributed by atoms with E-state index in [1.807, 2.05) is 0 Å². The van der Waals surface area contributed by atoms with Gasteiger partial charge in [0.2, 0.25) is 0 Å². The Bertz CT molecular complexity index is 1500. The molecular weight excluding hydrogens is 1010 g/mol. The molecule has 0 spiro atoms. The molecule has 0 rings (SSSR count). The summed E-state index contributed by atoms with van der Waals surface area (Å²) in [5, 5.41) is 0. The fourth-order valence-corrected chi connectivity index (χ4v) is 10.6. The van der Waals surface area contributed by atoms with Gasteiger partial charge in [0.25, 0.3) is 0 Å². The van der Waals surface area contributed by atoms with Crippen molar-refractivity contribution in [3.63, 3.8) is 0 Å². The Kier molecular flexibility index (Phi) is 67.6. The zero-order valence-corrected chi connectivity index (χ0v) is 54.8. The van der Waals surface area contributed by atoms with Crippen LogP contribution in [0.25, 0.3) is 0 Å². The zero-order chi connectivity index (χ0) is 59.2. The second kappa shape index (κ2) is 70.3. The first-order chi connectivity index (χ1) is 40.5. The highest BCUT2D eigenvalue weighted by Gasteiger charge is 2.19. The second-order valence-electron chi connectivity index (χ2n) is 24.1. The van der Waals surface area contributed by atoms with Gasteiger partial charge >= 0.3 is 17.9 Å². The minimum atomic E-state index is -0.781. The van der Waals surface area contributed by atoms with Crippen LogP contribution in [0, 0.1) is 0 Å². The van der Waals surface area contributed by atoms with E-state index in [0.29, 0.717) is 19.3 Å². The van der Waals surface area contributed by atoms with Gasteiger partial charge in [0.1, 0.15) is 13.2 Å². The van der Waals surface area contributed by atoms with Crippen LogP contribution >= 0.6 is 0 Å². The molecule has 0 heterocycles. The highest BCUT2D eigenvalue weighted by Crippen LogP contribution is 2.18. The van der Waals surface area contributed by atoms with Crippen LogP contribution in [0.4, 0.5) is 0 Å². The number of hydrogen-bond donors (Lipinski definition) is 0. The predicted molar refractivity (Wildman–Crippen MR) is 358 cm³/mol. The minimum absolute atomic E-state index is 0.0746. The number of unbranched alkanes of at least 4 members (excludes halogenated alkanes) is 43. The molecule has 1 unspecified atom stereocenters. The lowest BCUT2D eigenvalue weighted by atomic mass is 10.0. The van der Waals surface area contributed by atoms with Crippen LogP contribution in [0.5, 0.6) is 0 Å². The molecule has 0 radical (unpaired) electrons. The Labute approximate surface area is 510 Å². The average Bonchev–Trinajstić information content (AvgIpc) is 3.47. The first kappa shape index (κ1) is 78.8. The highest BCUT2D eigenvalue weighted by molar-refractivity contribution is 5.71. The van der Waals surface area contributed by atoms with Crippen molar-refractivity contribution in [1.82, 2.24) is 0 Å². The Morgan fingerprint density at radius 1 is 0.256 bits per heavy atom. The maximum absolute atomic E-state index is 13.0. The third kappa shape index (κ3) is 67.6. The molecule has 0 aliphatic carbocycles. The average molecular weight is 1150 g/mol. The van der Waals surface area contributed by atoms with E-state index >= 15 is 0 Å². The summed E-state index contributed by atoms with van der Waals surface area (Å²) in [6.45, 7) is 6.58. The molecule has 82 heavy (non-hydrogen) atoms. The maximum Gasteiger partial charge on any atom is 0.306 e. The van der Waals surface area contributed by atoms with Gasteiger partial charge in [-0.3, -0.25) is 14.4 Å². The van der Waals surface area contributed by atoms with Crippen LogP contribution < -0.4 is 0 Å². The van der Waals surface area contributed by atoms with E-state index in [1.54, 1.807) is 0 Å². The molecule has 1 atom stereocenters. The Hall–Kier alpha value is -3.15. The first-order valence-corrected chi connectivity index (χ1v) is 35.9. The SMILES string of the molecule is CC/C=C\C/C=C\C/C=C\C/C=C\CCCCCCCCCCC(=O)OC(COC(=O)CCCCCCCCCCCCCCC/C=C\C/C=C\CCCCCCC)COC(=O)CCCCCCCCCCCCCCCCCCCC. The van der Waals surface area contributed by atoms with E-state index in [0.717, 1.165) is 96.3 Å². The van der Waals surface area contributed by atoms with Gasteiger partial charge in [-0.1, -0.05) is 338 Å². The number of rotatable bonds is 66. The second-order valence-corrected chi connectivity index (χ2v) is 24.1. The Morgan fingerprint density at radius 3 is 0.744 bits per heavy atom. The molecule has 0 aromatic rings. The summed E-state index contributed by atoms with van der Waals surface area (Å²) >= 11 is 0. The van der Waals surface area contributed by atoms with Gasteiger partial charge in [-0.15, -0.1) is 0 Å². The lowest BCUT2D eigenvalue weighted by Gasteiger charge is -2.18. The van der Waals surface area contributed by atoms with E-state index in [4.69, 9.17) is 14.2 Å². The summed E-state index contributed by atoms with van der Waals surface area (Å²) in [5.41, 5.74) is 0. The van der Waals surface area contributed by atoms with Crippen LogP contribution in [0.3, 0.4) is 0 Å². The molecule has 6 heteroatoms. The largest absolute Gasteiger partial charge is 0.462 e. The Morgan fingerprint density at radius 2 is 0.476 bits per heavy atom. The predicted octanol–water partition coefficient (Wildman–Crippen LogP) is 24.8. The van der Waals surface area contributed by atoms with Crippen LogP contribution in [0.2, 0.25) is 0 Å². The van der Waals surface area contributed by atoms with Gasteiger partial charge in [0.15, 0.2) is 6.10 Å². The van der Waals surface area contributed by atoms with Crippen LogP contribution in [-0.4, -0.2) is 37.2 Å². The standard InChI is InChI=1S/C76H136O6/c1-4-7-10-13-16-19-22-25-28-31-34-36-37-38-39-41-42-45-48-51-54-57-60-63-66-69-75(78)81-72-73(71-80-74(77)68-65-62-59-56-53-50-47-44-33-30-27-24-21-18-15-12-9-6-3)82-76(79)70-67-64-61-58-55-52-49-46-43-40-35-32-29-26-23-20-17-14-11-8-5-2/h8,11,17,20,22,25-26,29,31,34-35,40,73H,4-7,9-10,12-16,18-19,21,23-24,27-28,30,32-33,36-39,41-72H2,1-3H3/b11-8-,20-17-,25-22-,29-26-,34-31-,40-35-. The first-order valence-electron chi connectivity index (χ1n) is 35.9. The van der Waals surface area contributed by atoms with Gasteiger partial charge in [-0.2, -0.15) is 0 Å². The summed E-state index contributed by atoms with van der Waals surface area (Å²) in [6.07, 6.45) is 92.1. The van der Waals surface area contributed by atoms with Gasteiger partial charge in [-0.25, -0.2) is 0 Å². The summed E-state index contributed by atoms with van der Waals surface area (Å²) < 4.78 is 17.0. The van der Waals surface area contributed by atoms with Crippen molar-refractivity contribution in [2.75, 3.05) is 13.2 Å². The van der Waals surface area contributed by atoms with E-state index in [2.05, 4.69) is 93.7 Å². The summed E-state index contributed by atoms with van der Waals surface area (Å²) in [6, 6.07) is 0. The maximum atomic E-state index is 13.0. The van der Waals surface area contributed by atoms with Crippen molar-refractivity contribution in [3.8, 4) is 0 Å². The van der Waals surface area contributed by atoms with Crippen molar-refractivity contribution in [2.45, 2.75) is 380 Å². The number of esters is 3. The van der Waals surface area contributed by atoms with Crippen LogP contribution in [0.1, 0.15) is 374 Å². The van der Waals surface area contributed by atoms with E-state index in [-0.39, 0.29) is 31.1 Å². The number of hydrogen-bond acceptors (Lipinski definition) is 6. The van der Waals surface area contributed by atoms with E-state index < -0.39 is 6.10 Å². The molecule has 0 aromatic carbocycles. The topological polar surface area (TPSA) is 78.9 Å². The molecule has 476 valence electrons. The molecule has 0 aromatic heterocycles. The third-order valence-corrected chi connectivity index (χ3v) is 15.9. The molecule has 0 amide bonds. The zero-order valence-electron chi connectivity index (χ0n) is 54.8. The molecule has 0 fully saturated rings.